The standard InChI is InChI=1S/C9H9ClN2O4S2/c10-9-2-1-8(5-11-9)18(15,16)12-7-3-4-17(13,14)6-7/h1-5,7,12H,6H2. The molecule has 0 saturated carbocycles. The molecule has 1 N–H and O–H groups in total. The first kappa shape index (κ1) is 13.5. The van der Waals surface area contributed by atoms with Gasteiger partial charge in [-0.25, -0.2) is 26.5 Å². The molecule has 1 aliphatic heterocycles. The number of nitrogens with zero attached hydrogens (tertiary/aromatic N) is 1. The minimum Gasteiger partial charge on any atom is -0.243 e. The molecule has 0 fully saturated rings. The predicted molar refractivity (Wildman–Crippen MR) is 66.3 cm³/mol. The number of hydrogen-bond acceptors (Lipinski definition) is 5. The summed E-state index contributed by atoms with van der Waals surface area (Å²) >= 11 is 5.55. The first-order valence-corrected chi connectivity index (χ1v) is 8.41. The van der Waals surface area contributed by atoms with Crippen LogP contribution in [0.2, 0.25) is 5.15 Å². The van der Waals surface area contributed by atoms with E-state index in [1.54, 1.807) is 0 Å². The Balaban J connectivity index is 2.19. The molecule has 2 heterocycles. The van der Waals surface area contributed by atoms with Crippen molar-refractivity contribution in [3.05, 3.63) is 35.0 Å². The van der Waals surface area contributed by atoms with E-state index in [9.17, 15) is 16.8 Å². The Morgan fingerprint density at radius 2 is 2.11 bits per heavy atom. The summed E-state index contributed by atoms with van der Waals surface area (Å²) in [6, 6.07) is 1.89. The predicted octanol–water partition coefficient (Wildman–Crippen LogP) is 0.324. The average Bonchev–Trinajstić information content (AvgIpc) is 2.57. The molecule has 98 valence electrons. The summed E-state index contributed by atoms with van der Waals surface area (Å²) in [5.41, 5.74) is 0. The van der Waals surface area contributed by atoms with Crippen LogP contribution in [0.1, 0.15) is 0 Å². The monoisotopic (exact) mass is 308 g/mol. The van der Waals surface area contributed by atoms with E-state index >= 15 is 0 Å². The van der Waals surface area contributed by atoms with Gasteiger partial charge in [0.15, 0.2) is 9.84 Å². The maximum Gasteiger partial charge on any atom is 0.242 e. The maximum atomic E-state index is 11.9. The van der Waals surface area contributed by atoms with Gasteiger partial charge in [0, 0.05) is 11.6 Å². The number of halogens is 1. The number of aromatic nitrogens is 1. The second-order valence-corrected chi connectivity index (χ2v) is 7.73. The number of rotatable bonds is 3. The third kappa shape index (κ3) is 3.08. The van der Waals surface area contributed by atoms with Crippen molar-refractivity contribution >= 4 is 31.5 Å². The quantitative estimate of drug-likeness (QED) is 0.812. The molecule has 0 aromatic carbocycles. The van der Waals surface area contributed by atoms with Gasteiger partial charge in [0.25, 0.3) is 0 Å². The Bertz CT molecular complexity index is 680. The van der Waals surface area contributed by atoms with Gasteiger partial charge in [-0.3, -0.25) is 0 Å². The summed E-state index contributed by atoms with van der Waals surface area (Å²) in [7, 11) is -7.10. The van der Waals surface area contributed by atoms with Crippen LogP contribution < -0.4 is 4.72 Å². The van der Waals surface area contributed by atoms with E-state index in [4.69, 9.17) is 11.6 Å². The Labute approximate surface area is 110 Å². The first-order chi connectivity index (χ1) is 8.28. The van der Waals surface area contributed by atoms with Gasteiger partial charge in [-0.1, -0.05) is 17.7 Å². The Hall–Kier alpha value is -0.960. The highest BCUT2D eigenvalue weighted by molar-refractivity contribution is 7.94. The highest BCUT2D eigenvalue weighted by Crippen LogP contribution is 2.14. The van der Waals surface area contributed by atoms with Crippen molar-refractivity contribution in [3.63, 3.8) is 0 Å². The van der Waals surface area contributed by atoms with E-state index in [0.29, 0.717) is 0 Å². The number of pyridine rings is 1. The minimum absolute atomic E-state index is 0.0652. The number of sulfonamides is 1. The summed E-state index contributed by atoms with van der Waals surface area (Å²) in [6.07, 6.45) is 2.41. The van der Waals surface area contributed by atoms with E-state index in [1.165, 1.54) is 18.2 Å². The fourth-order valence-electron chi connectivity index (χ4n) is 1.44. The molecular weight excluding hydrogens is 300 g/mol. The first-order valence-electron chi connectivity index (χ1n) is 4.83. The van der Waals surface area contributed by atoms with Crippen molar-refractivity contribution in [1.29, 1.82) is 0 Å². The Morgan fingerprint density at radius 3 is 2.61 bits per heavy atom. The molecule has 1 aromatic heterocycles. The van der Waals surface area contributed by atoms with Crippen LogP contribution in [0.15, 0.2) is 34.7 Å². The summed E-state index contributed by atoms with van der Waals surface area (Å²) in [6.45, 7) is 0. The third-order valence-electron chi connectivity index (χ3n) is 2.25. The lowest BCUT2D eigenvalue weighted by Crippen LogP contribution is -2.35. The van der Waals surface area contributed by atoms with Gasteiger partial charge in [-0.2, -0.15) is 0 Å². The third-order valence-corrected chi connectivity index (χ3v) is 5.34. The van der Waals surface area contributed by atoms with Crippen LogP contribution in [0.25, 0.3) is 0 Å². The molecule has 2 rings (SSSR count). The molecular formula is C9H9ClN2O4S2. The number of sulfone groups is 1. The number of nitrogens with one attached hydrogen (secondary N) is 1. The van der Waals surface area contributed by atoms with Crippen LogP contribution >= 0.6 is 11.6 Å². The minimum atomic E-state index is -3.80. The maximum absolute atomic E-state index is 11.9. The van der Waals surface area contributed by atoms with Crippen LogP contribution in [-0.2, 0) is 19.9 Å². The highest BCUT2D eigenvalue weighted by atomic mass is 35.5. The molecule has 0 amide bonds. The zero-order chi connectivity index (χ0) is 13.4. The molecule has 0 bridgehead atoms. The van der Waals surface area contributed by atoms with Gasteiger partial charge in [0.1, 0.15) is 10.0 Å². The molecule has 1 aliphatic rings. The summed E-state index contributed by atoms with van der Waals surface area (Å²) < 4.78 is 48.4. The highest BCUT2D eigenvalue weighted by Gasteiger charge is 2.26. The smallest absolute Gasteiger partial charge is 0.242 e. The molecule has 18 heavy (non-hydrogen) atoms. The summed E-state index contributed by atoms with van der Waals surface area (Å²) in [4.78, 5) is 3.59. The number of hydrogen-bond donors (Lipinski definition) is 1. The van der Waals surface area contributed by atoms with Gasteiger partial charge < -0.3 is 0 Å². The lowest BCUT2D eigenvalue weighted by molar-refractivity contribution is 0.574. The molecule has 0 spiro atoms. The summed E-state index contributed by atoms with van der Waals surface area (Å²) in [5.74, 6) is -0.271. The fraction of sp³-hybridized carbons (Fsp3) is 0.222. The lowest BCUT2D eigenvalue weighted by atomic mass is 10.4. The molecule has 6 nitrogen and oxygen atoms in total. The van der Waals surface area contributed by atoms with Crippen LogP contribution in [0.5, 0.6) is 0 Å². The van der Waals surface area contributed by atoms with Crippen molar-refractivity contribution in [2.45, 2.75) is 10.9 Å². The van der Waals surface area contributed by atoms with Crippen molar-refractivity contribution in [2.24, 2.45) is 0 Å². The largest absolute Gasteiger partial charge is 0.243 e. The summed E-state index contributed by atoms with van der Waals surface area (Å²) in [5, 5.41) is 1.18. The molecule has 0 saturated heterocycles. The molecule has 1 unspecified atom stereocenters. The van der Waals surface area contributed by atoms with Gasteiger partial charge in [0.2, 0.25) is 10.0 Å². The molecule has 9 heteroatoms. The normalized spacial score (nSPS) is 22.2. The molecule has 1 aromatic rings. The zero-order valence-electron chi connectivity index (χ0n) is 8.95. The van der Waals surface area contributed by atoms with Gasteiger partial charge in [-0.15, -0.1) is 0 Å². The Morgan fingerprint density at radius 1 is 1.39 bits per heavy atom. The van der Waals surface area contributed by atoms with Crippen LogP contribution in [-0.4, -0.2) is 33.6 Å². The van der Waals surface area contributed by atoms with E-state index < -0.39 is 25.9 Å². The fourth-order valence-corrected chi connectivity index (χ4v) is 4.03. The lowest BCUT2D eigenvalue weighted by Gasteiger charge is -2.10. The average molecular weight is 309 g/mol. The topological polar surface area (TPSA) is 93.2 Å². The zero-order valence-corrected chi connectivity index (χ0v) is 11.3. The second kappa shape index (κ2) is 4.61. The van der Waals surface area contributed by atoms with Crippen molar-refractivity contribution in [2.75, 3.05) is 5.75 Å². The van der Waals surface area contributed by atoms with Crippen LogP contribution in [0.3, 0.4) is 0 Å². The Kier molecular flexibility index (Phi) is 3.45. The van der Waals surface area contributed by atoms with Crippen molar-refractivity contribution < 1.29 is 16.8 Å². The van der Waals surface area contributed by atoms with E-state index in [0.717, 1.165) is 11.6 Å². The van der Waals surface area contributed by atoms with E-state index in [1.807, 2.05) is 0 Å². The molecule has 0 radical (unpaired) electrons. The van der Waals surface area contributed by atoms with Gasteiger partial charge in [0.05, 0.1) is 11.8 Å². The molecule has 1 atom stereocenters. The molecule has 0 aliphatic carbocycles. The second-order valence-electron chi connectivity index (χ2n) is 3.70. The van der Waals surface area contributed by atoms with Crippen LogP contribution in [0, 0.1) is 0 Å². The van der Waals surface area contributed by atoms with Gasteiger partial charge >= 0.3 is 0 Å². The van der Waals surface area contributed by atoms with Crippen molar-refractivity contribution in [1.82, 2.24) is 9.71 Å². The van der Waals surface area contributed by atoms with Crippen LogP contribution in [0.4, 0.5) is 0 Å². The van der Waals surface area contributed by atoms with Crippen molar-refractivity contribution in [3.8, 4) is 0 Å². The van der Waals surface area contributed by atoms with E-state index in [2.05, 4.69) is 9.71 Å². The van der Waals surface area contributed by atoms with Gasteiger partial charge in [-0.05, 0) is 12.1 Å². The van der Waals surface area contributed by atoms with E-state index in [-0.39, 0.29) is 15.8 Å². The SMILES string of the molecule is O=S1(=O)C=CC(NS(=O)(=O)c2ccc(Cl)nc2)C1.